The van der Waals surface area contributed by atoms with Gasteiger partial charge in [0.2, 0.25) is 0 Å². The molecule has 0 aliphatic heterocycles. The summed E-state index contributed by atoms with van der Waals surface area (Å²) in [5, 5.41) is 0. The molecule has 2 heteroatoms. The zero-order chi connectivity index (χ0) is 14.8. The van der Waals surface area contributed by atoms with E-state index in [0.29, 0.717) is 12.5 Å². The van der Waals surface area contributed by atoms with E-state index in [1.807, 2.05) is 29.2 Å². The monoisotopic (exact) mass is 269 g/mol. The third-order valence-electron chi connectivity index (χ3n) is 3.71. The maximum absolute atomic E-state index is 12.8. The van der Waals surface area contributed by atoms with E-state index in [4.69, 9.17) is 6.42 Å². The first kappa shape index (κ1) is 14.7. The van der Waals surface area contributed by atoms with Crippen LogP contribution < -0.4 is 0 Å². The molecule has 0 aromatic heterocycles. The first-order valence-electron chi connectivity index (χ1n) is 7.25. The molecule has 2 nitrogen and oxygen atoms in total. The lowest BCUT2D eigenvalue weighted by Gasteiger charge is -2.26. The van der Waals surface area contributed by atoms with E-state index in [0.717, 1.165) is 17.7 Å². The third-order valence-corrected chi connectivity index (χ3v) is 3.71. The van der Waals surface area contributed by atoms with E-state index in [2.05, 4.69) is 26.7 Å². The number of carbonyl (C=O) groups excluding carboxylic acids is 1. The van der Waals surface area contributed by atoms with E-state index in [1.165, 1.54) is 12.8 Å². The Kier molecular flexibility index (Phi) is 4.18. The first-order valence-corrected chi connectivity index (χ1v) is 7.25. The third kappa shape index (κ3) is 3.42. The summed E-state index contributed by atoms with van der Waals surface area (Å²) in [5.74, 6) is 3.33. The summed E-state index contributed by atoms with van der Waals surface area (Å²) < 4.78 is 0. The fraction of sp³-hybridized carbons (Fsp3) is 0.500. The number of benzene rings is 1. The summed E-state index contributed by atoms with van der Waals surface area (Å²) in [7, 11) is 0. The fourth-order valence-corrected chi connectivity index (χ4v) is 2.44. The second-order valence-electron chi connectivity index (χ2n) is 6.63. The zero-order valence-electron chi connectivity index (χ0n) is 12.6. The Balaban J connectivity index is 2.29. The molecule has 1 aliphatic carbocycles. The lowest BCUT2D eigenvalue weighted by atomic mass is 9.83. The normalized spacial score (nSPS) is 14.7. The molecule has 0 N–H and O–H groups in total. The Labute approximate surface area is 122 Å². The summed E-state index contributed by atoms with van der Waals surface area (Å²) in [4.78, 5) is 14.6. The Morgan fingerprint density at radius 1 is 1.35 bits per heavy atom. The van der Waals surface area contributed by atoms with Crippen molar-refractivity contribution in [3.05, 3.63) is 35.4 Å². The Hall–Kier alpha value is -1.75. The highest BCUT2D eigenvalue weighted by atomic mass is 16.2. The van der Waals surface area contributed by atoms with Crippen LogP contribution in [0, 0.1) is 18.3 Å². The van der Waals surface area contributed by atoms with Gasteiger partial charge in [-0.3, -0.25) is 4.79 Å². The molecule has 0 heterocycles. The highest BCUT2D eigenvalue weighted by molar-refractivity contribution is 5.96. The average Bonchev–Trinajstić information content (AvgIpc) is 3.20. The van der Waals surface area contributed by atoms with E-state index in [9.17, 15) is 4.79 Å². The number of hydrogen-bond acceptors (Lipinski definition) is 1. The Morgan fingerprint density at radius 2 is 2.00 bits per heavy atom. The smallest absolute Gasteiger partial charge is 0.254 e. The number of terminal acetylenes is 1. The van der Waals surface area contributed by atoms with Crippen molar-refractivity contribution in [2.75, 3.05) is 13.1 Å². The van der Waals surface area contributed by atoms with Gasteiger partial charge in [-0.15, -0.1) is 6.42 Å². The molecule has 1 amide bonds. The van der Waals surface area contributed by atoms with Gasteiger partial charge in [0, 0.05) is 12.1 Å². The van der Waals surface area contributed by atoms with Gasteiger partial charge in [-0.2, -0.15) is 0 Å². The summed E-state index contributed by atoms with van der Waals surface area (Å²) >= 11 is 0. The number of amides is 1. The largest absolute Gasteiger partial charge is 0.327 e. The highest BCUT2D eigenvalue weighted by Crippen LogP contribution is 2.31. The summed E-state index contributed by atoms with van der Waals surface area (Å²) in [5.41, 5.74) is 1.83. The van der Waals surface area contributed by atoms with Crippen LogP contribution in [0.3, 0.4) is 0 Å². The molecule has 0 saturated heterocycles. The van der Waals surface area contributed by atoms with E-state index < -0.39 is 0 Å². The van der Waals surface area contributed by atoms with Crippen molar-refractivity contribution in [3.63, 3.8) is 0 Å². The molecule has 2 rings (SSSR count). The minimum atomic E-state index is -0.0480. The van der Waals surface area contributed by atoms with Crippen LogP contribution >= 0.6 is 0 Å². The van der Waals surface area contributed by atoms with Gasteiger partial charge < -0.3 is 4.90 Å². The van der Waals surface area contributed by atoms with Crippen LogP contribution in [-0.2, 0) is 5.41 Å². The molecule has 0 spiro atoms. The van der Waals surface area contributed by atoms with Gasteiger partial charge in [-0.25, -0.2) is 0 Å². The van der Waals surface area contributed by atoms with Crippen molar-refractivity contribution < 1.29 is 4.79 Å². The van der Waals surface area contributed by atoms with Crippen LogP contribution in [0.1, 0.15) is 49.5 Å². The summed E-state index contributed by atoms with van der Waals surface area (Å²) in [6, 6.07) is 7.87. The van der Waals surface area contributed by atoms with Crippen LogP contribution in [0.25, 0.3) is 0 Å². The average molecular weight is 269 g/mol. The van der Waals surface area contributed by atoms with Gasteiger partial charge in [-0.05, 0) is 35.8 Å². The second-order valence-corrected chi connectivity index (χ2v) is 6.63. The van der Waals surface area contributed by atoms with Gasteiger partial charge >= 0.3 is 0 Å². The molecule has 20 heavy (non-hydrogen) atoms. The molecule has 106 valence electrons. The topological polar surface area (TPSA) is 20.3 Å². The van der Waals surface area contributed by atoms with Crippen molar-refractivity contribution in [2.24, 2.45) is 5.92 Å². The van der Waals surface area contributed by atoms with E-state index in [-0.39, 0.29) is 11.3 Å². The minimum absolute atomic E-state index is 0.0480. The van der Waals surface area contributed by atoms with E-state index >= 15 is 0 Å². The predicted octanol–water partition coefficient (Wildman–Crippen LogP) is 3.47. The summed E-state index contributed by atoms with van der Waals surface area (Å²) in [6.07, 6.45) is 7.86. The maximum Gasteiger partial charge on any atom is 0.254 e. The molecule has 0 bridgehead atoms. The lowest BCUT2D eigenvalue weighted by molar-refractivity contribution is 0.0767. The molecule has 0 unspecified atom stereocenters. The predicted molar refractivity (Wildman–Crippen MR) is 82.6 cm³/mol. The number of carbonyl (C=O) groups is 1. The number of hydrogen-bond donors (Lipinski definition) is 0. The van der Waals surface area contributed by atoms with Crippen LogP contribution in [-0.4, -0.2) is 23.9 Å². The standard InChI is InChI=1S/C18H23NO/c1-5-12-19(13-14-10-11-14)17(20)15-8-6-7-9-16(15)18(2,3)4/h1,6-9,14H,10-13H2,2-4H3. The van der Waals surface area contributed by atoms with Crippen molar-refractivity contribution in [1.29, 1.82) is 0 Å². The van der Waals surface area contributed by atoms with Crippen molar-refractivity contribution in [2.45, 2.75) is 39.0 Å². The number of nitrogens with zero attached hydrogens (tertiary/aromatic N) is 1. The molecule has 1 aromatic rings. The Bertz CT molecular complexity index is 529. The summed E-state index contributed by atoms with van der Waals surface area (Å²) in [6.45, 7) is 7.58. The molecule has 1 fully saturated rings. The molecule has 0 atom stereocenters. The molecular formula is C18H23NO. The van der Waals surface area contributed by atoms with Gasteiger partial charge in [0.1, 0.15) is 0 Å². The fourth-order valence-electron chi connectivity index (χ4n) is 2.44. The lowest BCUT2D eigenvalue weighted by Crippen LogP contribution is -2.35. The van der Waals surface area contributed by atoms with Gasteiger partial charge in [0.15, 0.2) is 0 Å². The van der Waals surface area contributed by atoms with Crippen molar-refractivity contribution in [1.82, 2.24) is 4.90 Å². The van der Waals surface area contributed by atoms with Crippen LogP contribution in [0.5, 0.6) is 0 Å². The quantitative estimate of drug-likeness (QED) is 0.766. The molecule has 1 aromatic carbocycles. The molecule has 1 aliphatic rings. The van der Waals surface area contributed by atoms with Crippen LogP contribution in [0.2, 0.25) is 0 Å². The molecule has 1 saturated carbocycles. The van der Waals surface area contributed by atoms with Gasteiger partial charge in [-0.1, -0.05) is 44.9 Å². The minimum Gasteiger partial charge on any atom is -0.327 e. The maximum atomic E-state index is 12.8. The first-order chi connectivity index (χ1) is 9.43. The highest BCUT2D eigenvalue weighted by Gasteiger charge is 2.29. The van der Waals surface area contributed by atoms with Crippen LogP contribution in [0.4, 0.5) is 0 Å². The van der Waals surface area contributed by atoms with Crippen LogP contribution in [0.15, 0.2) is 24.3 Å². The molecule has 0 radical (unpaired) electrons. The zero-order valence-corrected chi connectivity index (χ0v) is 12.6. The molecular weight excluding hydrogens is 246 g/mol. The van der Waals surface area contributed by atoms with Gasteiger partial charge in [0.05, 0.1) is 6.54 Å². The Morgan fingerprint density at radius 3 is 2.55 bits per heavy atom. The SMILES string of the molecule is C#CCN(CC1CC1)C(=O)c1ccccc1C(C)(C)C. The van der Waals surface area contributed by atoms with E-state index in [1.54, 1.807) is 0 Å². The second kappa shape index (κ2) is 5.71. The number of rotatable bonds is 4. The van der Waals surface area contributed by atoms with Crippen molar-refractivity contribution >= 4 is 5.91 Å². The van der Waals surface area contributed by atoms with Crippen molar-refractivity contribution in [3.8, 4) is 12.3 Å². The van der Waals surface area contributed by atoms with Gasteiger partial charge in [0.25, 0.3) is 5.91 Å².